The highest BCUT2D eigenvalue weighted by molar-refractivity contribution is 5.39. The second kappa shape index (κ2) is 8.20. The molecule has 4 heteroatoms. The van der Waals surface area contributed by atoms with E-state index in [4.69, 9.17) is 9.72 Å². The van der Waals surface area contributed by atoms with Gasteiger partial charge in [-0.1, -0.05) is 32.6 Å². The van der Waals surface area contributed by atoms with Gasteiger partial charge in [-0.15, -0.1) is 0 Å². The van der Waals surface area contributed by atoms with Gasteiger partial charge < -0.3 is 10.1 Å². The highest BCUT2D eigenvalue weighted by atomic mass is 16.5. The van der Waals surface area contributed by atoms with Crippen molar-refractivity contribution < 1.29 is 4.74 Å². The average molecular weight is 291 g/mol. The Balaban J connectivity index is 2.14. The maximum absolute atomic E-state index is 5.81. The van der Waals surface area contributed by atoms with Gasteiger partial charge in [0.25, 0.3) is 0 Å². The van der Waals surface area contributed by atoms with Crippen molar-refractivity contribution in [3.8, 4) is 5.88 Å². The smallest absolute Gasteiger partial charge is 0.218 e. The molecule has 1 aromatic rings. The lowest BCUT2D eigenvalue weighted by Crippen LogP contribution is -2.15. The molecule has 1 aromatic heterocycles. The summed E-state index contributed by atoms with van der Waals surface area (Å²) in [5.74, 6) is 3.09. The fourth-order valence-corrected chi connectivity index (χ4v) is 2.75. The third kappa shape index (κ3) is 5.18. The van der Waals surface area contributed by atoms with Gasteiger partial charge in [-0.2, -0.15) is 4.98 Å². The zero-order valence-corrected chi connectivity index (χ0v) is 13.7. The molecule has 1 N–H and O–H groups in total. The van der Waals surface area contributed by atoms with Gasteiger partial charge in [-0.25, -0.2) is 4.98 Å². The lowest BCUT2D eigenvalue weighted by molar-refractivity contribution is 0.294. The van der Waals surface area contributed by atoms with Crippen molar-refractivity contribution in [1.29, 1.82) is 0 Å². The highest BCUT2D eigenvalue weighted by Crippen LogP contribution is 2.32. The minimum atomic E-state index is 0.364. The number of hydrogen-bond donors (Lipinski definition) is 1. The molecule has 118 valence electrons. The van der Waals surface area contributed by atoms with E-state index in [1.807, 2.05) is 6.07 Å². The van der Waals surface area contributed by atoms with Crippen LogP contribution in [0.5, 0.6) is 5.88 Å². The molecule has 1 heterocycles. The molecule has 4 nitrogen and oxygen atoms in total. The molecule has 0 spiro atoms. The van der Waals surface area contributed by atoms with Crippen molar-refractivity contribution in [2.45, 2.75) is 77.7 Å². The maximum atomic E-state index is 5.81. The summed E-state index contributed by atoms with van der Waals surface area (Å²) in [6.07, 6.45) is 8.55. The van der Waals surface area contributed by atoms with Gasteiger partial charge in [0.2, 0.25) is 5.88 Å². The van der Waals surface area contributed by atoms with Gasteiger partial charge in [0.05, 0.1) is 6.61 Å². The van der Waals surface area contributed by atoms with Crippen LogP contribution in [0, 0.1) is 0 Å². The molecule has 0 aliphatic heterocycles. The van der Waals surface area contributed by atoms with Crippen LogP contribution in [-0.2, 0) is 0 Å². The average Bonchev–Trinajstić information content (AvgIpc) is 2.47. The van der Waals surface area contributed by atoms with Crippen LogP contribution in [0.3, 0.4) is 0 Å². The van der Waals surface area contributed by atoms with Gasteiger partial charge in [-0.05, 0) is 33.1 Å². The Labute approximate surface area is 128 Å². The monoisotopic (exact) mass is 291 g/mol. The minimum Gasteiger partial charge on any atom is -0.478 e. The standard InChI is InChI=1S/C17H29N3O/c1-4-5-11-21-16-12-15(18-13(2)3)19-17(20-16)14-9-7-6-8-10-14/h12-14H,4-11H2,1-3H3,(H,18,19,20). The molecular weight excluding hydrogens is 262 g/mol. The summed E-state index contributed by atoms with van der Waals surface area (Å²) in [6, 6.07) is 2.30. The summed E-state index contributed by atoms with van der Waals surface area (Å²) in [7, 11) is 0. The van der Waals surface area contributed by atoms with Gasteiger partial charge >= 0.3 is 0 Å². The number of rotatable bonds is 7. The lowest BCUT2D eigenvalue weighted by atomic mass is 9.89. The molecule has 1 aliphatic rings. The SMILES string of the molecule is CCCCOc1cc(NC(C)C)nc(C2CCCCC2)n1. The second-order valence-electron chi connectivity index (χ2n) is 6.29. The summed E-state index contributed by atoms with van der Waals surface area (Å²) in [5, 5.41) is 3.38. The first-order valence-corrected chi connectivity index (χ1v) is 8.47. The van der Waals surface area contributed by atoms with Crippen molar-refractivity contribution in [3.05, 3.63) is 11.9 Å². The van der Waals surface area contributed by atoms with E-state index >= 15 is 0 Å². The zero-order valence-electron chi connectivity index (χ0n) is 13.7. The first kappa shape index (κ1) is 16.1. The fraction of sp³-hybridized carbons (Fsp3) is 0.765. The third-order valence-electron chi connectivity index (χ3n) is 3.87. The molecule has 0 saturated heterocycles. The molecule has 21 heavy (non-hydrogen) atoms. The van der Waals surface area contributed by atoms with E-state index in [2.05, 4.69) is 31.1 Å². The van der Waals surface area contributed by atoms with Crippen LogP contribution in [0.4, 0.5) is 5.82 Å². The van der Waals surface area contributed by atoms with E-state index in [0.29, 0.717) is 12.0 Å². The minimum absolute atomic E-state index is 0.364. The molecule has 1 aliphatic carbocycles. The van der Waals surface area contributed by atoms with E-state index in [9.17, 15) is 0 Å². The molecule has 0 aromatic carbocycles. The Morgan fingerprint density at radius 2 is 2.00 bits per heavy atom. The molecule has 0 unspecified atom stereocenters. The topological polar surface area (TPSA) is 47.0 Å². The van der Waals surface area contributed by atoms with Gasteiger partial charge in [-0.3, -0.25) is 0 Å². The normalized spacial score (nSPS) is 16.2. The van der Waals surface area contributed by atoms with Crippen LogP contribution in [0.2, 0.25) is 0 Å². The van der Waals surface area contributed by atoms with Crippen LogP contribution in [-0.4, -0.2) is 22.6 Å². The Hall–Kier alpha value is -1.32. The lowest BCUT2D eigenvalue weighted by Gasteiger charge is -2.21. The quantitative estimate of drug-likeness (QED) is 0.750. The summed E-state index contributed by atoms with van der Waals surface area (Å²) >= 11 is 0. The number of ether oxygens (including phenoxy) is 1. The van der Waals surface area contributed by atoms with Crippen LogP contribution < -0.4 is 10.1 Å². The van der Waals surface area contributed by atoms with Crippen molar-refractivity contribution in [1.82, 2.24) is 9.97 Å². The summed E-state index contributed by atoms with van der Waals surface area (Å²) in [5.41, 5.74) is 0. The number of aromatic nitrogens is 2. The van der Waals surface area contributed by atoms with E-state index in [-0.39, 0.29) is 0 Å². The maximum Gasteiger partial charge on any atom is 0.218 e. The molecule has 0 atom stereocenters. The largest absolute Gasteiger partial charge is 0.478 e. The Morgan fingerprint density at radius 3 is 2.67 bits per heavy atom. The van der Waals surface area contributed by atoms with Gasteiger partial charge in [0, 0.05) is 18.0 Å². The van der Waals surface area contributed by atoms with Crippen LogP contribution >= 0.6 is 0 Å². The molecule has 1 fully saturated rings. The summed E-state index contributed by atoms with van der Waals surface area (Å²) in [6.45, 7) is 7.15. The zero-order chi connectivity index (χ0) is 15.1. The first-order valence-electron chi connectivity index (χ1n) is 8.47. The number of unbranched alkanes of at least 4 members (excludes halogenated alkanes) is 1. The molecule has 0 radical (unpaired) electrons. The van der Waals surface area contributed by atoms with E-state index in [1.54, 1.807) is 0 Å². The molecule has 2 rings (SSSR count). The number of nitrogens with one attached hydrogen (secondary N) is 1. The predicted octanol–water partition coefficient (Wildman–Crippen LogP) is 4.52. The van der Waals surface area contributed by atoms with Gasteiger partial charge in [0.15, 0.2) is 0 Å². The van der Waals surface area contributed by atoms with E-state index in [1.165, 1.54) is 32.1 Å². The number of nitrogens with zero attached hydrogens (tertiary/aromatic N) is 2. The van der Waals surface area contributed by atoms with Crippen molar-refractivity contribution in [2.75, 3.05) is 11.9 Å². The molecule has 1 saturated carbocycles. The molecule has 0 amide bonds. The Kier molecular flexibility index (Phi) is 6.27. The molecular formula is C17H29N3O. The van der Waals surface area contributed by atoms with E-state index in [0.717, 1.165) is 37.0 Å². The highest BCUT2D eigenvalue weighted by Gasteiger charge is 2.20. The van der Waals surface area contributed by atoms with Crippen molar-refractivity contribution >= 4 is 5.82 Å². The first-order chi connectivity index (χ1) is 10.2. The predicted molar refractivity (Wildman–Crippen MR) is 87.0 cm³/mol. The Bertz CT molecular complexity index is 428. The summed E-state index contributed by atoms with van der Waals surface area (Å²) < 4.78 is 5.81. The third-order valence-corrected chi connectivity index (χ3v) is 3.87. The van der Waals surface area contributed by atoms with E-state index < -0.39 is 0 Å². The fourth-order valence-electron chi connectivity index (χ4n) is 2.75. The van der Waals surface area contributed by atoms with Crippen LogP contribution in [0.25, 0.3) is 0 Å². The van der Waals surface area contributed by atoms with Gasteiger partial charge in [0.1, 0.15) is 11.6 Å². The van der Waals surface area contributed by atoms with Crippen LogP contribution in [0.15, 0.2) is 6.07 Å². The molecule has 0 bridgehead atoms. The number of hydrogen-bond acceptors (Lipinski definition) is 4. The second-order valence-corrected chi connectivity index (χ2v) is 6.29. The van der Waals surface area contributed by atoms with Crippen molar-refractivity contribution in [2.24, 2.45) is 0 Å². The van der Waals surface area contributed by atoms with Crippen LogP contribution in [0.1, 0.15) is 77.5 Å². The Morgan fingerprint density at radius 1 is 1.24 bits per heavy atom. The van der Waals surface area contributed by atoms with Crippen molar-refractivity contribution in [3.63, 3.8) is 0 Å². The summed E-state index contributed by atoms with van der Waals surface area (Å²) in [4.78, 5) is 9.39. The number of anilines is 1.